The number of amides is 1. The van der Waals surface area contributed by atoms with E-state index in [1.54, 1.807) is 11.0 Å². The topological polar surface area (TPSA) is 87.8 Å². The van der Waals surface area contributed by atoms with E-state index in [0.717, 1.165) is 12.8 Å². The molecule has 0 spiro atoms. The number of carbonyl (C=O) groups is 1. The molecule has 182 valence electrons. The summed E-state index contributed by atoms with van der Waals surface area (Å²) in [6.45, 7) is 8.82. The van der Waals surface area contributed by atoms with Crippen LogP contribution >= 0.6 is 27.5 Å². The highest BCUT2D eigenvalue weighted by Gasteiger charge is 2.28. The quantitative estimate of drug-likeness (QED) is 0.425. The zero-order valence-electron chi connectivity index (χ0n) is 19.5. The van der Waals surface area contributed by atoms with E-state index in [-0.39, 0.29) is 21.1 Å². The van der Waals surface area contributed by atoms with Crippen molar-refractivity contribution in [3.05, 3.63) is 21.4 Å². The number of benzene rings is 1. The van der Waals surface area contributed by atoms with Gasteiger partial charge in [-0.1, -0.05) is 11.6 Å². The smallest absolute Gasteiger partial charge is 0.410 e. The van der Waals surface area contributed by atoms with Crippen molar-refractivity contribution in [2.24, 2.45) is 5.73 Å². The third kappa shape index (κ3) is 6.16. The number of nitrogens with zero attached hydrogens (tertiary/aromatic N) is 5. The lowest BCUT2D eigenvalue weighted by atomic mass is 10.2. The zero-order chi connectivity index (χ0) is 24.3. The molecular weight excluding hydrogens is 515 g/mol. The fraction of sp³-hybridized carbons (Fsp3) is 0.591. The molecule has 0 unspecified atom stereocenters. The number of hydrogen-bond donors (Lipinski definition) is 1. The van der Waals surface area contributed by atoms with Gasteiger partial charge in [-0.25, -0.2) is 14.2 Å². The summed E-state index contributed by atoms with van der Waals surface area (Å²) in [6, 6.07) is 1.68. The van der Waals surface area contributed by atoms with Crippen LogP contribution in [0.25, 0.3) is 10.9 Å². The van der Waals surface area contributed by atoms with Crippen LogP contribution in [0.5, 0.6) is 0 Å². The summed E-state index contributed by atoms with van der Waals surface area (Å²) in [5.41, 5.74) is 5.25. The Balaban J connectivity index is 1.92. The highest BCUT2D eigenvalue weighted by Crippen LogP contribution is 2.36. The molecule has 1 aromatic carbocycles. The van der Waals surface area contributed by atoms with E-state index in [1.165, 1.54) is 0 Å². The number of hydrogen-bond acceptors (Lipinski definition) is 7. The van der Waals surface area contributed by atoms with E-state index in [4.69, 9.17) is 27.1 Å². The number of aromatic nitrogens is 2. The van der Waals surface area contributed by atoms with Gasteiger partial charge in [0, 0.05) is 45.2 Å². The van der Waals surface area contributed by atoms with Crippen LogP contribution < -0.4 is 15.5 Å². The van der Waals surface area contributed by atoms with Crippen LogP contribution in [-0.2, 0) is 4.74 Å². The van der Waals surface area contributed by atoms with E-state index in [9.17, 15) is 4.79 Å². The average molecular weight is 546 g/mol. The molecule has 2 N–H and O–H groups in total. The Morgan fingerprint density at radius 1 is 1.27 bits per heavy atom. The van der Waals surface area contributed by atoms with Gasteiger partial charge < -0.3 is 25.2 Å². The minimum atomic E-state index is -0.553. The first kappa shape index (κ1) is 25.7. The Labute approximate surface area is 207 Å². The number of ether oxygens (including phenoxy) is 1. The molecule has 8 nitrogen and oxygen atoms in total. The van der Waals surface area contributed by atoms with Crippen molar-refractivity contribution < 1.29 is 13.9 Å². The number of anilines is 2. The normalized spacial score (nSPS) is 14.7. The molecule has 1 aromatic heterocycles. The molecule has 1 aliphatic heterocycles. The van der Waals surface area contributed by atoms with Crippen LogP contribution in [0.3, 0.4) is 0 Å². The molecule has 1 amide bonds. The van der Waals surface area contributed by atoms with Gasteiger partial charge in [-0.15, -0.1) is 0 Å². The number of rotatable bonds is 6. The Morgan fingerprint density at radius 2 is 1.94 bits per heavy atom. The molecule has 1 saturated heterocycles. The van der Waals surface area contributed by atoms with Gasteiger partial charge in [-0.2, -0.15) is 4.98 Å². The van der Waals surface area contributed by atoms with Gasteiger partial charge in [-0.3, -0.25) is 0 Å². The summed E-state index contributed by atoms with van der Waals surface area (Å²) in [4.78, 5) is 27.3. The van der Waals surface area contributed by atoms with Crippen molar-refractivity contribution in [1.29, 1.82) is 0 Å². The van der Waals surface area contributed by atoms with Crippen molar-refractivity contribution in [3.8, 4) is 0 Å². The van der Waals surface area contributed by atoms with E-state index >= 15 is 4.39 Å². The zero-order valence-corrected chi connectivity index (χ0v) is 21.8. The lowest BCUT2D eigenvalue weighted by Crippen LogP contribution is -2.50. The predicted molar refractivity (Wildman–Crippen MR) is 134 cm³/mol. The average Bonchev–Trinajstić information content (AvgIpc) is 2.76. The van der Waals surface area contributed by atoms with E-state index in [0.29, 0.717) is 56.4 Å². The largest absolute Gasteiger partial charge is 0.444 e. The summed E-state index contributed by atoms with van der Waals surface area (Å²) in [5, 5.41) is 0.784. The molecule has 1 fully saturated rings. The van der Waals surface area contributed by atoms with Gasteiger partial charge in [-0.05, 0) is 62.2 Å². The lowest BCUT2D eigenvalue weighted by molar-refractivity contribution is 0.0240. The van der Waals surface area contributed by atoms with Gasteiger partial charge >= 0.3 is 6.09 Å². The predicted octanol–water partition coefficient (Wildman–Crippen LogP) is 4.42. The first-order chi connectivity index (χ1) is 15.5. The molecule has 2 heterocycles. The third-order valence-electron chi connectivity index (χ3n) is 5.32. The van der Waals surface area contributed by atoms with E-state index in [2.05, 4.69) is 20.9 Å². The Hall–Kier alpha value is -1.91. The molecule has 33 heavy (non-hydrogen) atoms. The first-order valence-electron chi connectivity index (χ1n) is 11.0. The number of unbranched alkanes of at least 4 members (excludes halogenated alkanes) is 1. The number of piperazine rings is 1. The number of carbonyl (C=O) groups excluding carboxylic acids is 1. The minimum absolute atomic E-state index is 0.174. The van der Waals surface area contributed by atoms with Gasteiger partial charge in [0.1, 0.15) is 16.9 Å². The Morgan fingerprint density at radius 3 is 2.55 bits per heavy atom. The molecule has 1 aliphatic rings. The second-order valence-corrected chi connectivity index (χ2v) is 10.3. The standard InChI is InChI=1S/C22H31BrClFN6O2/c1-22(2,3)33-21(32)31-11-9-30(10-12-31)19-14-13-15(24)16(23)17(25)18(14)27-20(28-19)29(4)8-6-5-7-26/h13H,5-12,26H2,1-4H3. The van der Waals surface area contributed by atoms with Gasteiger partial charge in [0.05, 0.1) is 9.50 Å². The van der Waals surface area contributed by atoms with Crippen LogP contribution in [0.1, 0.15) is 33.6 Å². The second-order valence-electron chi connectivity index (χ2n) is 9.10. The first-order valence-corrected chi connectivity index (χ1v) is 12.2. The maximum Gasteiger partial charge on any atom is 0.410 e. The molecular formula is C22H31BrClFN6O2. The minimum Gasteiger partial charge on any atom is -0.444 e. The summed E-state index contributed by atoms with van der Waals surface area (Å²) in [7, 11) is 1.88. The molecule has 11 heteroatoms. The van der Waals surface area contributed by atoms with Crippen molar-refractivity contribution in [3.63, 3.8) is 0 Å². The number of halogens is 3. The number of fused-ring (bicyclic) bond motifs is 1. The lowest BCUT2D eigenvalue weighted by Gasteiger charge is -2.36. The molecule has 3 rings (SSSR count). The Kier molecular flexibility index (Phi) is 8.23. The van der Waals surface area contributed by atoms with Gasteiger partial charge in [0.15, 0.2) is 5.82 Å². The van der Waals surface area contributed by atoms with Gasteiger partial charge in [0.2, 0.25) is 5.95 Å². The highest BCUT2D eigenvalue weighted by atomic mass is 79.9. The summed E-state index contributed by atoms with van der Waals surface area (Å²) >= 11 is 9.48. The molecule has 0 aliphatic carbocycles. The molecule has 0 atom stereocenters. The maximum absolute atomic E-state index is 15.1. The van der Waals surface area contributed by atoms with Gasteiger partial charge in [0.25, 0.3) is 0 Å². The summed E-state index contributed by atoms with van der Waals surface area (Å²) in [6.07, 6.45) is 1.42. The monoisotopic (exact) mass is 544 g/mol. The fourth-order valence-corrected chi connectivity index (χ4v) is 4.07. The SMILES string of the molecule is CN(CCCCN)c1nc(N2CCN(C(=O)OC(C)(C)C)CC2)c2cc(Cl)c(Br)c(F)c2n1. The van der Waals surface area contributed by atoms with Crippen LogP contribution in [0.2, 0.25) is 5.02 Å². The molecule has 0 saturated carbocycles. The van der Waals surface area contributed by atoms with Crippen molar-refractivity contribution in [1.82, 2.24) is 14.9 Å². The summed E-state index contributed by atoms with van der Waals surface area (Å²) < 4.78 is 20.8. The highest BCUT2D eigenvalue weighted by molar-refractivity contribution is 9.10. The van der Waals surface area contributed by atoms with Crippen molar-refractivity contribution in [2.45, 2.75) is 39.2 Å². The maximum atomic E-state index is 15.1. The molecule has 0 radical (unpaired) electrons. The molecule has 2 aromatic rings. The van der Waals surface area contributed by atoms with Crippen molar-refractivity contribution in [2.75, 3.05) is 56.1 Å². The Bertz CT molecular complexity index is 1010. The summed E-state index contributed by atoms with van der Waals surface area (Å²) in [5.74, 6) is 0.500. The third-order valence-corrected chi connectivity index (χ3v) is 6.62. The second kappa shape index (κ2) is 10.6. The van der Waals surface area contributed by atoms with Crippen LogP contribution in [-0.4, -0.2) is 72.9 Å². The van der Waals surface area contributed by atoms with E-state index in [1.807, 2.05) is 37.6 Å². The van der Waals surface area contributed by atoms with E-state index < -0.39 is 11.4 Å². The molecule has 0 bridgehead atoms. The fourth-order valence-electron chi connectivity index (χ4n) is 3.58. The van der Waals surface area contributed by atoms with Crippen LogP contribution in [0.15, 0.2) is 10.5 Å². The van der Waals surface area contributed by atoms with Crippen LogP contribution in [0.4, 0.5) is 21.0 Å². The number of nitrogens with two attached hydrogens (primary N) is 1. The van der Waals surface area contributed by atoms with Crippen LogP contribution in [0, 0.1) is 5.82 Å². The van der Waals surface area contributed by atoms with Crippen molar-refractivity contribution >= 4 is 56.3 Å².